The Labute approximate surface area is 198 Å². The van der Waals surface area contributed by atoms with Crippen molar-refractivity contribution < 1.29 is 13.9 Å². The summed E-state index contributed by atoms with van der Waals surface area (Å²) in [6.45, 7) is 0.278. The van der Waals surface area contributed by atoms with Gasteiger partial charge in [0.2, 0.25) is 5.91 Å². The van der Waals surface area contributed by atoms with Gasteiger partial charge >= 0.3 is 5.69 Å². The van der Waals surface area contributed by atoms with Gasteiger partial charge in [0, 0.05) is 19.3 Å². The first-order valence-corrected chi connectivity index (χ1v) is 10.7. The fourth-order valence-electron chi connectivity index (χ4n) is 3.56. The van der Waals surface area contributed by atoms with E-state index in [1.54, 1.807) is 4.57 Å². The molecule has 0 spiro atoms. The van der Waals surface area contributed by atoms with E-state index >= 15 is 0 Å². The van der Waals surface area contributed by atoms with Crippen LogP contribution >= 0.6 is 11.6 Å². The van der Waals surface area contributed by atoms with Crippen LogP contribution in [0.25, 0.3) is 11.2 Å². The molecule has 0 saturated carbocycles. The number of halogens is 2. The number of benzene rings is 2. The second-order valence-electron chi connectivity index (χ2n) is 7.53. The van der Waals surface area contributed by atoms with Gasteiger partial charge in [0.05, 0.1) is 24.5 Å². The van der Waals surface area contributed by atoms with E-state index in [0.717, 1.165) is 16.2 Å². The lowest BCUT2D eigenvalue weighted by Crippen LogP contribution is -2.43. The third-order valence-electron chi connectivity index (χ3n) is 5.21. The molecule has 11 heteroatoms. The van der Waals surface area contributed by atoms with Gasteiger partial charge in [-0.3, -0.25) is 14.2 Å². The van der Waals surface area contributed by atoms with Crippen molar-refractivity contribution in [3.8, 4) is 0 Å². The lowest BCUT2D eigenvalue weighted by atomic mass is 10.2. The van der Waals surface area contributed by atoms with Crippen molar-refractivity contribution >= 4 is 34.4 Å². The summed E-state index contributed by atoms with van der Waals surface area (Å²) in [5.41, 5.74) is 0.145. The quantitative estimate of drug-likeness (QED) is 0.413. The maximum absolute atomic E-state index is 13.4. The maximum atomic E-state index is 13.4. The highest BCUT2D eigenvalue weighted by atomic mass is 35.5. The highest BCUT2D eigenvalue weighted by molar-refractivity contribution is 6.31. The van der Waals surface area contributed by atoms with Gasteiger partial charge in [0.25, 0.3) is 5.56 Å². The van der Waals surface area contributed by atoms with Crippen molar-refractivity contribution in [3.05, 3.63) is 92.1 Å². The Morgan fingerprint density at radius 2 is 1.91 bits per heavy atom. The van der Waals surface area contributed by atoms with E-state index in [1.165, 1.54) is 30.1 Å². The van der Waals surface area contributed by atoms with Crippen molar-refractivity contribution in [2.75, 3.05) is 19.0 Å². The molecule has 1 amide bonds. The van der Waals surface area contributed by atoms with Crippen LogP contribution in [0.3, 0.4) is 0 Å². The van der Waals surface area contributed by atoms with Crippen molar-refractivity contribution in [3.63, 3.8) is 0 Å². The third-order valence-corrected chi connectivity index (χ3v) is 5.50. The number of carbonyl (C=O) groups excluding carboxylic acids is 1. The smallest absolute Gasteiger partial charge is 0.333 e. The fraction of sp³-hybridized carbons (Fsp3) is 0.217. The first-order chi connectivity index (χ1) is 16.4. The summed E-state index contributed by atoms with van der Waals surface area (Å²) in [5, 5.41) is 2.37. The van der Waals surface area contributed by atoms with Crippen molar-refractivity contribution in [2.45, 2.75) is 19.6 Å². The molecule has 34 heavy (non-hydrogen) atoms. The van der Waals surface area contributed by atoms with Crippen LogP contribution in [0.1, 0.15) is 5.56 Å². The zero-order valence-electron chi connectivity index (χ0n) is 18.2. The zero-order valence-corrected chi connectivity index (χ0v) is 19.0. The normalized spacial score (nSPS) is 11.1. The van der Waals surface area contributed by atoms with Gasteiger partial charge in [-0.25, -0.2) is 18.7 Å². The topological polar surface area (TPSA) is 100 Å². The molecule has 0 atom stereocenters. The van der Waals surface area contributed by atoms with E-state index < -0.39 is 29.5 Å². The van der Waals surface area contributed by atoms with Crippen LogP contribution in [0.5, 0.6) is 0 Å². The van der Waals surface area contributed by atoms with E-state index in [2.05, 4.69) is 10.3 Å². The minimum atomic E-state index is -0.675. The number of methoxy groups -OCH3 is 1. The molecule has 0 fully saturated rings. The van der Waals surface area contributed by atoms with Crippen LogP contribution in [-0.4, -0.2) is 38.3 Å². The van der Waals surface area contributed by atoms with Gasteiger partial charge in [-0.15, -0.1) is 0 Å². The largest absolute Gasteiger partial charge is 0.383 e. The molecule has 0 aliphatic carbocycles. The summed E-state index contributed by atoms with van der Waals surface area (Å²) in [6.07, 6.45) is 1.47. The van der Waals surface area contributed by atoms with Gasteiger partial charge in [-0.05, 0) is 23.8 Å². The van der Waals surface area contributed by atoms with Gasteiger partial charge < -0.3 is 14.6 Å². The number of fused-ring (bicyclic) bond motifs is 1. The molecular weight excluding hydrogens is 465 g/mol. The number of imidazole rings is 1. The van der Waals surface area contributed by atoms with Crippen LogP contribution in [0, 0.1) is 5.82 Å². The molecule has 2 aromatic carbocycles. The number of hydrogen-bond donors (Lipinski definition) is 1. The highest BCUT2D eigenvalue weighted by Crippen LogP contribution is 2.19. The lowest BCUT2D eigenvalue weighted by Gasteiger charge is -2.13. The average molecular weight is 486 g/mol. The first-order valence-electron chi connectivity index (χ1n) is 10.3. The fourth-order valence-corrected chi connectivity index (χ4v) is 3.74. The van der Waals surface area contributed by atoms with E-state index in [1.807, 2.05) is 30.3 Å². The molecule has 1 N–H and O–H groups in total. The van der Waals surface area contributed by atoms with Crippen LogP contribution in [0.4, 0.5) is 10.1 Å². The molecular formula is C23H21ClFN5O4. The summed E-state index contributed by atoms with van der Waals surface area (Å²) < 4.78 is 22.3. The van der Waals surface area contributed by atoms with Gasteiger partial charge in [-0.2, -0.15) is 0 Å². The molecule has 0 bridgehead atoms. The molecule has 0 saturated heterocycles. The Kier molecular flexibility index (Phi) is 6.90. The average Bonchev–Trinajstić information content (AvgIpc) is 3.25. The Morgan fingerprint density at radius 3 is 2.62 bits per heavy atom. The van der Waals surface area contributed by atoms with Crippen molar-refractivity contribution in [1.29, 1.82) is 0 Å². The van der Waals surface area contributed by atoms with Crippen LogP contribution < -0.4 is 16.6 Å². The Bertz CT molecular complexity index is 1460. The molecule has 0 radical (unpaired) electrons. The number of nitrogens with one attached hydrogen (secondary N) is 1. The van der Waals surface area contributed by atoms with Gasteiger partial charge in [0.1, 0.15) is 12.4 Å². The molecule has 4 rings (SSSR count). The number of hydrogen-bond acceptors (Lipinski definition) is 5. The Hall–Kier alpha value is -3.76. The number of aromatic nitrogens is 4. The SMILES string of the molecule is COCCn1cnc2c1c(=O)n(CC(=O)Nc1ccc(F)c(Cl)c1)c(=O)n2Cc1ccccc1. The van der Waals surface area contributed by atoms with Crippen molar-refractivity contribution in [2.24, 2.45) is 0 Å². The molecule has 0 aliphatic rings. The summed E-state index contributed by atoms with van der Waals surface area (Å²) in [7, 11) is 1.54. The lowest BCUT2D eigenvalue weighted by molar-refractivity contribution is -0.116. The summed E-state index contributed by atoms with van der Waals surface area (Å²) >= 11 is 5.76. The molecule has 4 aromatic rings. The van der Waals surface area contributed by atoms with E-state index in [0.29, 0.717) is 13.2 Å². The van der Waals surface area contributed by atoms with Gasteiger partial charge in [0.15, 0.2) is 11.2 Å². The second kappa shape index (κ2) is 10.0. The first kappa shape index (κ1) is 23.4. The maximum Gasteiger partial charge on any atom is 0.333 e. The van der Waals surface area contributed by atoms with E-state index in [-0.39, 0.29) is 28.4 Å². The standard InChI is InChI=1S/C23H21ClFN5O4/c1-34-10-9-28-14-26-21-20(28)22(32)30(23(33)29(21)12-15-5-3-2-4-6-15)13-19(31)27-16-7-8-18(25)17(24)11-16/h2-8,11,14H,9-10,12-13H2,1H3,(H,27,31). The number of carbonyl (C=O) groups is 1. The zero-order chi connectivity index (χ0) is 24.2. The molecule has 2 heterocycles. The second-order valence-corrected chi connectivity index (χ2v) is 7.93. The number of rotatable bonds is 8. The van der Waals surface area contributed by atoms with E-state index in [9.17, 15) is 18.8 Å². The Balaban J connectivity index is 1.76. The number of nitrogens with zero attached hydrogens (tertiary/aromatic N) is 4. The number of anilines is 1. The van der Waals surface area contributed by atoms with Crippen molar-refractivity contribution in [1.82, 2.24) is 18.7 Å². The number of ether oxygens (including phenoxy) is 1. The molecule has 0 unspecified atom stereocenters. The summed E-state index contributed by atoms with van der Waals surface area (Å²) in [5.74, 6) is -1.27. The summed E-state index contributed by atoms with van der Waals surface area (Å²) in [6, 6.07) is 12.9. The van der Waals surface area contributed by atoms with E-state index in [4.69, 9.17) is 16.3 Å². The van der Waals surface area contributed by atoms with Crippen LogP contribution in [0.15, 0.2) is 64.4 Å². The predicted molar refractivity (Wildman–Crippen MR) is 126 cm³/mol. The molecule has 2 aromatic heterocycles. The molecule has 9 nitrogen and oxygen atoms in total. The minimum Gasteiger partial charge on any atom is -0.383 e. The predicted octanol–water partition coefficient (Wildman–Crippen LogP) is 2.49. The highest BCUT2D eigenvalue weighted by Gasteiger charge is 2.20. The summed E-state index contributed by atoms with van der Waals surface area (Å²) in [4.78, 5) is 43.6. The van der Waals surface area contributed by atoms with Crippen LogP contribution in [0.2, 0.25) is 5.02 Å². The van der Waals surface area contributed by atoms with Crippen LogP contribution in [-0.2, 0) is 29.2 Å². The van der Waals surface area contributed by atoms with Gasteiger partial charge in [-0.1, -0.05) is 41.9 Å². The Morgan fingerprint density at radius 1 is 1.15 bits per heavy atom. The monoisotopic (exact) mass is 485 g/mol. The number of amides is 1. The molecule has 176 valence electrons. The minimum absolute atomic E-state index is 0.160. The molecule has 0 aliphatic heterocycles. The third kappa shape index (κ3) is 4.78.